The van der Waals surface area contributed by atoms with Gasteiger partial charge < -0.3 is 15.0 Å². The van der Waals surface area contributed by atoms with Crippen molar-refractivity contribution in [3.8, 4) is 5.75 Å². The molecule has 2 heterocycles. The molecule has 116 valence electrons. The highest BCUT2D eigenvalue weighted by atomic mass is 16.5. The number of anilines is 1. The van der Waals surface area contributed by atoms with Gasteiger partial charge in [0, 0.05) is 32.2 Å². The molecule has 2 fully saturated rings. The topological polar surface area (TPSA) is 27.7 Å². The maximum Gasteiger partial charge on any atom is 0.142 e. The van der Waals surface area contributed by atoms with Gasteiger partial charge in [-0.2, -0.15) is 0 Å². The molecule has 1 aromatic carbocycles. The average Bonchev–Trinajstić information content (AvgIpc) is 2.84. The van der Waals surface area contributed by atoms with Crippen LogP contribution in [0, 0.1) is 0 Å². The van der Waals surface area contributed by atoms with E-state index in [0.717, 1.165) is 24.9 Å². The number of benzene rings is 1. The first kappa shape index (κ1) is 14.7. The van der Waals surface area contributed by atoms with Gasteiger partial charge in [0.05, 0.1) is 12.8 Å². The van der Waals surface area contributed by atoms with Crippen LogP contribution in [0.25, 0.3) is 0 Å². The van der Waals surface area contributed by atoms with Gasteiger partial charge in [0.2, 0.25) is 0 Å². The first-order chi connectivity index (χ1) is 10.4. The molecule has 1 unspecified atom stereocenters. The highest BCUT2D eigenvalue weighted by Gasteiger charge is 2.25. The summed E-state index contributed by atoms with van der Waals surface area (Å²) in [6.07, 6.45) is 3.97. The zero-order valence-corrected chi connectivity index (χ0v) is 13.1. The van der Waals surface area contributed by atoms with E-state index in [9.17, 15) is 0 Å². The molecule has 1 N–H and O–H groups in total. The molecule has 0 spiro atoms. The second kappa shape index (κ2) is 7.14. The smallest absolute Gasteiger partial charge is 0.142 e. The maximum atomic E-state index is 5.49. The summed E-state index contributed by atoms with van der Waals surface area (Å²) in [6.45, 7) is 6.91. The Morgan fingerprint density at radius 3 is 2.67 bits per heavy atom. The molecule has 1 aromatic rings. The van der Waals surface area contributed by atoms with Crippen molar-refractivity contribution in [1.29, 1.82) is 0 Å². The molecule has 4 heteroatoms. The molecule has 0 bridgehead atoms. The van der Waals surface area contributed by atoms with Gasteiger partial charge in [-0.3, -0.25) is 4.90 Å². The number of piperazine rings is 1. The van der Waals surface area contributed by atoms with Crippen LogP contribution in [0.1, 0.15) is 19.3 Å². The van der Waals surface area contributed by atoms with E-state index in [1.54, 1.807) is 7.11 Å². The fraction of sp³-hybridized carbons (Fsp3) is 0.647. The number of methoxy groups -OCH3 is 1. The van der Waals surface area contributed by atoms with Gasteiger partial charge in [-0.05, 0) is 44.5 Å². The third-order valence-corrected chi connectivity index (χ3v) is 4.80. The van der Waals surface area contributed by atoms with Gasteiger partial charge in [0.1, 0.15) is 5.75 Å². The lowest BCUT2D eigenvalue weighted by atomic mass is 10.1. The normalized spacial score (nSPS) is 24.6. The first-order valence-electron chi connectivity index (χ1n) is 8.21. The molecule has 4 nitrogen and oxygen atoms in total. The summed E-state index contributed by atoms with van der Waals surface area (Å²) in [5, 5.41) is 3.51. The van der Waals surface area contributed by atoms with Crippen molar-refractivity contribution in [2.75, 3.05) is 51.3 Å². The Morgan fingerprint density at radius 2 is 1.86 bits per heavy atom. The first-order valence-corrected chi connectivity index (χ1v) is 8.21. The minimum absolute atomic E-state index is 0.778. The second-order valence-corrected chi connectivity index (χ2v) is 6.03. The Labute approximate surface area is 128 Å². The highest BCUT2D eigenvalue weighted by Crippen LogP contribution is 2.29. The van der Waals surface area contributed by atoms with Gasteiger partial charge in [0.25, 0.3) is 0 Å². The second-order valence-electron chi connectivity index (χ2n) is 6.03. The van der Waals surface area contributed by atoms with Gasteiger partial charge in [-0.25, -0.2) is 0 Å². The molecule has 0 radical (unpaired) electrons. The summed E-state index contributed by atoms with van der Waals surface area (Å²) in [5.41, 5.74) is 1.24. The number of rotatable bonds is 3. The Bertz CT molecular complexity index is 435. The Hall–Kier alpha value is -1.26. The van der Waals surface area contributed by atoms with Crippen LogP contribution in [0.4, 0.5) is 5.69 Å². The largest absolute Gasteiger partial charge is 0.495 e. The van der Waals surface area contributed by atoms with Crippen LogP contribution in [0.2, 0.25) is 0 Å². The van der Waals surface area contributed by atoms with Crippen molar-refractivity contribution in [2.45, 2.75) is 25.3 Å². The highest BCUT2D eigenvalue weighted by molar-refractivity contribution is 5.58. The molecule has 0 amide bonds. The molecule has 0 aromatic heterocycles. The lowest BCUT2D eigenvalue weighted by Gasteiger charge is -2.40. The summed E-state index contributed by atoms with van der Waals surface area (Å²) in [5.74, 6) is 0.990. The molecular weight excluding hydrogens is 262 g/mol. The van der Waals surface area contributed by atoms with E-state index >= 15 is 0 Å². The van der Waals surface area contributed by atoms with Crippen LogP contribution in [-0.4, -0.2) is 57.3 Å². The number of hydrogen-bond acceptors (Lipinski definition) is 4. The van der Waals surface area contributed by atoms with Crippen LogP contribution in [-0.2, 0) is 0 Å². The van der Waals surface area contributed by atoms with Gasteiger partial charge in [-0.15, -0.1) is 0 Å². The molecule has 2 aliphatic heterocycles. The Balaban J connectivity index is 1.59. The summed E-state index contributed by atoms with van der Waals surface area (Å²) in [6, 6.07) is 9.14. The summed E-state index contributed by atoms with van der Waals surface area (Å²) < 4.78 is 5.49. The standard InChI is InChI=1S/C17H27N3O/c1-21-17-7-3-2-6-16(17)20-13-11-19(12-14-20)15-5-4-9-18-10-8-15/h2-3,6-7,15,18H,4-5,8-14H2,1H3. The van der Waals surface area contributed by atoms with E-state index in [2.05, 4.69) is 33.3 Å². The van der Waals surface area contributed by atoms with Crippen molar-refractivity contribution in [3.63, 3.8) is 0 Å². The van der Waals surface area contributed by atoms with Crippen molar-refractivity contribution >= 4 is 5.69 Å². The van der Waals surface area contributed by atoms with Crippen LogP contribution < -0.4 is 15.0 Å². The predicted molar refractivity (Wildman–Crippen MR) is 87.3 cm³/mol. The maximum absolute atomic E-state index is 5.49. The minimum atomic E-state index is 0.778. The number of nitrogens with one attached hydrogen (secondary N) is 1. The lowest BCUT2D eigenvalue weighted by Crippen LogP contribution is -2.50. The third-order valence-electron chi connectivity index (χ3n) is 4.80. The fourth-order valence-corrected chi connectivity index (χ4v) is 3.58. The van der Waals surface area contributed by atoms with E-state index in [4.69, 9.17) is 4.74 Å². The quantitative estimate of drug-likeness (QED) is 0.920. The van der Waals surface area contributed by atoms with Gasteiger partial charge in [0.15, 0.2) is 0 Å². The zero-order valence-electron chi connectivity index (χ0n) is 13.1. The third kappa shape index (κ3) is 3.50. The van der Waals surface area contributed by atoms with Crippen LogP contribution in [0.15, 0.2) is 24.3 Å². The van der Waals surface area contributed by atoms with Gasteiger partial charge in [-0.1, -0.05) is 12.1 Å². The molecule has 0 aliphatic carbocycles. The summed E-state index contributed by atoms with van der Waals surface area (Å²) in [4.78, 5) is 5.16. The summed E-state index contributed by atoms with van der Waals surface area (Å²) in [7, 11) is 1.76. The lowest BCUT2D eigenvalue weighted by molar-refractivity contribution is 0.171. The van der Waals surface area contributed by atoms with Crippen LogP contribution >= 0.6 is 0 Å². The number of ether oxygens (including phenoxy) is 1. The molecule has 21 heavy (non-hydrogen) atoms. The van der Waals surface area contributed by atoms with Crippen molar-refractivity contribution in [2.24, 2.45) is 0 Å². The SMILES string of the molecule is COc1ccccc1N1CCN(C2CCCNCC2)CC1. The monoisotopic (exact) mass is 289 g/mol. The van der Waals surface area contributed by atoms with Crippen molar-refractivity contribution in [1.82, 2.24) is 10.2 Å². The molecule has 2 aliphatic rings. The van der Waals surface area contributed by atoms with E-state index < -0.39 is 0 Å². The molecule has 3 rings (SSSR count). The van der Waals surface area contributed by atoms with Crippen molar-refractivity contribution in [3.05, 3.63) is 24.3 Å². The van der Waals surface area contributed by atoms with E-state index in [1.807, 2.05) is 6.07 Å². The number of para-hydroxylation sites is 2. The minimum Gasteiger partial charge on any atom is -0.495 e. The summed E-state index contributed by atoms with van der Waals surface area (Å²) >= 11 is 0. The van der Waals surface area contributed by atoms with Crippen LogP contribution in [0.3, 0.4) is 0 Å². The van der Waals surface area contributed by atoms with E-state index in [1.165, 1.54) is 51.1 Å². The van der Waals surface area contributed by atoms with E-state index in [0.29, 0.717) is 0 Å². The Kier molecular flexibility index (Phi) is 4.99. The van der Waals surface area contributed by atoms with Gasteiger partial charge >= 0.3 is 0 Å². The average molecular weight is 289 g/mol. The molecule has 0 saturated carbocycles. The number of hydrogen-bond donors (Lipinski definition) is 1. The molecule has 2 saturated heterocycles. The molecular formula is C17H27N3O. The zero-order chi connectivity index (χ0) is 14.5. The fourth-order valence-electron chi connectivity index (χ4n) is 3.58. The predicted octanol–water partition coefficient (Wildman–Crippen LogP) is 1.96. The Morgan fingerprint density at radius 1 is 1.05 bits per heavy atom. The van der Waals surface area contributed by atoms with Crippen LogP contribution in [0.5, 0.6) is 5.75 Å². The van der Waals surface area contributed by atoms with Crippen molar-refractivity contribution < 1.29 is 4.74 Å². The number of nitrogens with zero attached hydrogens (tertiary/aromatic N) is 2. The van der Waals surface area contributed by atoms with E-state index in [-0.39, 0.29) is 0 Å². The molecule has 1 atom stereocenters.